The highest BCUT2D eigenvalue weighted by Gasteiger charge is 2.41. The number of nitrogens with zero attached hydrogens (tertiary/aromatic N) is 2. The molecule has 3 aromatic rings. The number of hydrogen-bond acceptors (Lipinski definition) is 5. The summed E-state index contributed by atoms with van der Waals surface area (Å²) in [6.45, 7) is 1.77. The molecule has 1 aromatic heterocycles. The van der Waals surface area contributed by atoms with Crippen LogP contribution in [0.1, 0.15) is 18.3 Å². The zero-order valence-electron chi connectivity index (χ0n) is 12.8. The fourth-order valence-corrected chi connectivity index (χ4v) is 3.72. The second-order valence-corrected chi connectivity index (χ2v) is 6.63. The number of thioether (sulfide) groups is 1. The van der Waals surface area contributed by atoms with Gasteiger partial charge >= 0.3 is 5.76 Å². The Hall–Kier alpha value is -2.57. The van der Waals surface area contributed by atoms with E-state index in [1.54, 1.807) is 12.3 Å². The number of benzene rings is 2. The first kappa shape index (κ1) is 15.0. The van der Waals surface area contributed by atoms with E-state index in [1.165, 1.54) is 16.3 Å². The van der Waals surface area contributed by atoms with Gasteiger partial charge in [-0.1, -0.05) is 71.5 Å². The molecule has 6 heteroatoms. The molecule has 1 aliphatic heterocycles. The Bertz CT molecular complexity index is 974. The van der Waals surface area contributed by atoms with Crippen molar-refractivity contribution in [1.82, 2.24) is 9.72 Å². The molecule has 0 saturated heterocycles. The van der Waals surface area contributed by atoms with Crippen LogP contribution in [0, 0.1) is 0 Å². The molecule has 4 rings (SSSR count). The second-order valence-electron chi connectivity index (χ2n) is 5.57. The maximum atomic E-state index is 11.8. The predicted octanol–water partition coefficient (Wildman–Crippen LogP) is 3.26. The van der Waals surface area contributed by atoms with Crippen molar-refractivity contribution in [2.75, 3.05) is 0 Å². The Morgan fingerprint density at radius 1 is 1.08 bits per heavy atom. The largest absolute Gasteiger partial charge is 0.446 e. The minimum atomic E-state index is -1.46. The molecule has 0 spiro atoms. The summed E-state index contributed by atoms with van der Waals surface area (Å²) in [6, 6.07) is 17.6. The molecular weight excluding hydrogens is 324 g/mol. The lowest BCUT2D eigenvalue weighted by atomic mass is 10.0. The Morgan fingerprint density at radius 2 is 1.75 bits per heavy atom. The minimum Gasteiger partial charge on any atom is -0.368 e. The lowest BCUT2D eigenvalue weighted by Crippen LogP contribution is -2.32. The van der Waals surface area contributed by atoms with Crippen LogP contribution < -0.4 is 5.76 Å². The molecule has 5 nitrogen and oxygen atoms in total. The third-order valence-corrected chi connectivity index (χ3v) is 5.26. The molecule has 0 radical (unpaired) electrons. The Morgan fingerprint density at radius 3 is 2.46 bits per heavy atom. The van der Waals surface area contributed by atoms with Crippen molar-refractivity contribution >= 4 is 17.5 Å². The molecule has 120 valence electrons. The average molecular weight is 338 g/mol. The van der Waals surface area contributed by atoms with Gasteiger partial charge in [-0.25, -0.2) is 9.36 Å². The number of rotatable bonds is 2. The smallest absolute Gasteiger partial charge is 0.368 e. The van der Waals surface area contributed by atoms with Gasteiger partial charge in [0.2, 0.25) is 10.8 Å². The van der Waals surface area contributed by atoms with Crippen molar-refractivity contribution < 1.29 is 9.63 Å². The highest BCUT2D eigenvalue weighted by atomic mass is 32.2. The standard InChI is InChI=1S/C18H14N2O3S/c1-12-11-24-18(22,16-19-23-17(21)20(12)16)15-9-7-14(8-10-15)13-5-3-2-4-6-13/h2-11,22H,1H3/t18-/m0/s1. The first-order valence-electron chi connectivity index (χ1n) is 7.42. The average Bonchev–Trinajstić information content (AvgIpc) is 3.03. The molecule has 0 unspecified atom stereocenters. The van der Waals surface area contributed by atoms with E-state index in [0.29, 0.717) is 11.3 Å². The summed E-state index contributed by atoms with van der Waals surface area (Å²) in [5, 5.41) is 16.6. The summed E-state index contributed by atoms with van der Waals surface area (Å²) in [6.07, 6.45) is 0. The first-order chi connectivity index (χ1) is 11.6. The van der Waals surface area contributed by atoms with Crippen LogP contribution in [0.3, 0.4) is 0 Å². The van der Waals surface area contributed by atoms with E-state index >= 15 is 0 Å². The molecule has 0 bridgehead atoms. The van der Waals surface area contributed by atoms with E-state index in [-0.39, 0.29) is 5.82 Å². The van der Waals surface area contributed by atoms with Crippen LogP contribution in [0.4, 0.5) is 0 Å². The minimum absolute atomic E-state index is 0.185. The van der Waals surface area contributed by atoms with Gasteiger partial charge in [-0.05, 0) is 23.5 Å². The van der Waals surface area contributed by atoms with E-state index < -0.39 is 10.7 Å². The van der Waals surface area contributed by atoms with E-state index in [1.807, 2.05) is 54.6 Å². The maximum Gasteiger partial charge on any atom is 0.446 e. The van der Waals surface area contributed by atoms with Crippen molar-refractivity contribution in [2.24, 2.45) is 0 Å². The van der Waals surface area contributed by atoms with Gasteiger partial charge in [0.1, 0.15) is 0 Å². The lowest BCUT2D eigenvalue weighted by Gasteiger charge is -2.28. The number of fused-ring (bicyclic) bond motifs is 1. The Labute approximate surface area is 142 Å². The second kappa shape index (κ2) is 5.51. The Kier molecular flexibility index (Phi) is 3.44. The van der Waals surface area contributed by atoms with Crippen LogP contribution in [-0.4, -0.2) is 14.8 Å². The number of aromatic nitrogens is 2. The van der Waals surface area contributed by atoms with Crippen LogP contribution >= 0.6 is 11.8 Å². The van der Waals surface area contributed by atoms with Crippen molar-refractivity contribution in [3.05, 3.63) is 81.9 Å². The zero-order valence-corrected chi connectivity index (χ0v) is 13.7. The molecule has 1 N–H and O–H groups in total. The number of allylic oxidation sites excluding steroid dienone is 1. The van der Waals surface area contributed by atoms with Crippen molar-refractivity contribution in [3.63, 3.8) is 0 Å². The van der Waals surface area contributed by atoms with Crippen LogP contribution in [0.5, 0.6) is 0 Å². The normalized spacial score (nSPS) is 19.7. The van der Waals surface area contributed by atoms with Gasteiger partial charge in [0.15, 0.2) is 0 Å². The van der Waals surface area contributed by atoms with Crippen LogP contribution in [0.2, 0.25) is 0 Å². The van der Waals surface area contributed by atoms with Gasteiger partial charge in [-0.15, -0.1) is 0 Å². The topological polar surface area (TPSA) is 68.3 Å². The molecule has 1 atom stereocenters. The maximum absolute atomic E-state index is 11.8. The molecule has 1 aliphatic rings. The van der Waals surface area contributed by atoms with E-state index in [9.17, 15) is 9.90 Å². The Balaban J connectivity index is 1.78. The van der Waals surface area contributed by atoms with E-state index in [0.717, 1.165) is 11.1 Å². The van der Waals surface area contributed by atoms with Gasteiger partial charge in [0.05, 0.1) is 0 Å². The highest BCUT2D eigenvalue weighted by molar-refractivity contribution is 8.03. The fourth-order valence-electron chi connectivity index (χ4n) is 2.77. The highest BCUT2D eigenvalue weighted by Crippen LogP contribution is 2.44. The zero-order chi connectivity index (χ0) is 16.7. The summed E-state index contributed by atoms with van der Waals surface area (Å²) in [4.78, 5) is 10.3. The van der Waals surface area contributed by atoms with Gasteiger partial charge in [0, 0.05) is 11.3 Å². The van der Waals surface area contributed by atoms with Gasteiger partial charge in [-0.3, -0.25) is 4.52 Å². The van der Waals surface area contributed by atoms with Gasteiger partial charge < -0.3 is 5.11 Å². The molecule has 0 saturated carbocycles. The summed E-state index contributed by atoms with van der Waals surface area (Å²) in [7, 11) is 0. The molecule has 2 aromatic carbocycles. The van der Waals surface area contributed by atoms with Gasteiger partial charge in [0.25, 0.3) is 0 Å². The molecule has 0 amide bonds. The lowest BCUT2D eigenvalue weighted by molar-refractivity contribution is 0.165. The van der Waals surface area contributed by atoms with Crippen molar-refractivity contribution in [1.29, 1.82) is 0 Å². The third-order valence-electron chi connectivity index (χ3n) is 4.04. The van der Waals surface area contributed by atoms with Crippen LogP contribution in [0.15, 0.2) is 69.3 Å². The van der Waals surface area contributed by atoms with E-state index in [4.69, 9.17) is 4.52 Å². The molecule has 0 fully saturated rings. The van der Waals surface area contributed by atoms with Crippen LogP contribution in [-0.2, 0) is 4.93 Å². The molecule has 2 heterocycles. The monoisotopic (exact) mass is 338 g/mol. The molecule has 0 aliphatic carbocycles. The third kappa shape index (κ3) is 2.23. The SMILES string of the molecule is CC1=CS[C@@](O)(c2ccc(-c3ccccc3)cc2)c2noc(=O)n21. The summed E-state index contributed by atoms with van der Waals surface area (Å²) in [5.74, 6) is -0.414. The predicted molar refractivity (Wildman–Crippen MR) is 93.2 cm³/mol. The first-order valence-corrected chi connectivity index (χ1v) is 8.30. The number of hydrogen-bond donors (Lipinski definition) is 1. The quantitative estimate of drug-likeness (QED) is 0.777. The van der Waals surface area contributed by atoms with Crippen LogP contribution in [0.25, 0.3) is 16.8 Å². The fraction of sp³-hybridized carbons (Fsp3) is 0.111. The molecule has 24 heavy (non-hydrogen) atoms. The number of aliphatic hydroxyl groups is 1. The van der Waals surface area contributed by atoms with Gasteiger partial charge in [-0.2, -0.15) is 0 Å². The van der Waals surface area contributed by atoms with Crippen molar-refractivity contribution in [3.8, 4) is 11.1 Å². The summed E-state index contributed by atoms with van der Waals surface area (Å²) >= 11 is 1.20. The van der Waals surface area contributed by atoms with Crippen molar-refractivity contribution in [2.45, 2.75) is 11.9 Å². The summed E-state index contributed by atoms with van der Waals surface area (Å²) < 4.78 is 6.03. The van der Waals surface area contributed by atoms with E-state index in [2.05, 4.69) is 5.16 Å². The molecular formula is C18H14N2O3S. The summed E-state index contributed by atoms with van der Waals surface area (Å²) in [5.41, 5.74) is 3.46.